The molecule has 1 aliphatic heterocycles. The molecule has 0 saturated heterocycles. The average Bonchev–Trinajstić information content (AvgIpc) is 2.72. The Morgan fingerprint density at radius 2 is 1.94 bits per heavy atom. The lowest BCUT2D eigenvalue weighted by atomic mass is 10.0. The number of ether oxygens (including phenoxy) is 2. The molecule has 84 valence electrons. The fourth-order valence-electron chi connectivity index (χ4n) is 1.67. The maximum absolute atomic E-state index is 11.4. The van der Waals surface area contributed by atoms with Crippen LogP contribution in [0, 0.1) is 0 Å². The summed E-state index contributed by atoms with van der Waals surface area (Å²) in [6.07, 6.45) is 0. The molecule has 1 heterocycles. The van der Waals surface area contributed by atoms with Gasteiger partial charge < -0.3 is 14.6 Å². The highest BCUT2D eigenvalue weighted by molar-refractivity contribution is 6.40. The van der Waals surface area contributed by atoms with Crippen LogP contribution in [0.2, 0.25) is 0 Å². The first kappa shape index (κ1) is 10.6. The normalized spacial score (nSPS) is 13.3. The van der Waals surface area contributed by atoms with Crippen molar-refractivity contribution in [1.29, 1.82) is 0 Å². The fourth-order valence-corrected chi connectivity index (χ4v) is 1.67. The van der Waals surface area contributed by atoms with Gasteiger partial charge in [0.25, 0.3) is 5.78 Å². The van der Waals surface area contributed by atoms with Crippen molar-refractivity contribution >= 4 is 11.8 Å². The number of benzene rings is 1. The summed E-state index contributed by atoms with van der Waals surface area (Å²) in [5, 5.41) is 8.67. The number of fused-ring (bicyclic) bond motifs is 1. The van der Waals surface area contributed by atoms with Crippen LogP contribution in [0.1, 0.15) is 21.5 Å². The summed E-state index contributed by atoms with van der Waals surface area (Å²) in [5.41, 5.74) is 1.84. The Balaban J connectivity index is 2.52. The van der Waals surface area contributed by atoms with Gasteiger partial charge in [-0.1, -0.05) is 0 Å². The van der Waals surface area contributed by atoms with Crippen LogP contribution in [0.5, 0.6) is 5.75 Å². The van der Waals surface area contributed by atoms with Gasteiger partial charge in [-0.3, -0.25) is 4.79 Å². The van der Waals surface area contributed by atoms with Crippen LogP contribution < -0.4 is 4.74 Å². The van der Waals surface area contributed by atoms with Gasteiger partial charge in [-0.15, -0.1) is 0 Å². The van der Waals surface area contributed by atoms with Crippen molar-refractivity contribution < 1.29 is 24.2 Å². The molecule has 0 unspecified atom stereocenters. The predicted octanol–water partition coefficient (Wildman–Crippen LogP) is 0.993. The van der Waals surface area contributed by atoms with Crippen molar-refractivity contribution in [1.82, 2.24) is 0 Å². The number of aliphatic carboxylic acids is 1. The van der Waals surface area contributed by atoms with Crippen molar-refractivity contribution in [2.45, 2.75) is 13.2 Å². The van der Waals surface area contributed by atoms with E-state index in [1.807, 2.05) is 0 Å². The minimum absolute atomic E-state index is 0.0688. The molecule has 16 heavy (non-hydrogen) atoms. The maximum atomic E-state index is 11.4. The predicted molar refractivity (Wildman–Crippen MR) is 53.5 cm³/mol. The lowest BCUT2D eigenvalue weighted by Gasteiger charge is -2.07. The van der Waals surface area contributed by atoms with Crippen molar-refractivity contribution in [2.24, 2.45) is 0 Å². The first-order valence-electron chi connectivity index (χ1n) is 4.68. The van der Waals surface area contributed by atoms with Gasteiger partial charge in [0.2, 0.25) is 0 Å². The maximum Gasteiger partial charge on any atom is 0.377 e. The fraction of sp³-hybridized carbons (Fsp3) is 0.273. The number of ketones is 1. The van der Waals surface area contributed by atoms with E-state index in [9.17, 15) is 9.59 Å². The number of carbonyl (C=O) groups excluding carboxylic acids is 1. The van der Waals surface area contributed by atoms with Crippen molar-refractivity contribution in [3.63, 3.8) is 0 Å². The summed E-state index contributed by atoms with van der Waals surface area (Å²) < 4.78 is 10.2. The SMILES string of the molecule is COc1cc2c(cc1C(=O)C(=O)O)COC2. The van der Waals surface area contributed by atoms with Crippen LogP contribution in [-0.2, 0) is 22.7 Å². The third-order valence-electron chi connectivity index (χ3n) is 2.48. The van der Waals surface area contributed by atoms with Crippen LogP contribution in [-0.4, -0.2) is 24.0 Å². The summed E-state index contributed by atoms with van der Waals surface area (Å²) in [7, 11) is 1.40. The third kappa shape index (κ3) is 1.65. The van der Waals surface area contributed by atoms with Gasteiger partial charge in [-0.05, 0) is 23.3 Å². The largest absolute Gasteiger partial charge is 0.496 e. The molecule has 0 bridgehead atoms. The molecule has 1 aromatic carbocycles. The van der Waals surface area contributed by atoms with Gasteiger partial charge in [0.15, 0.2) is 0 Å². The van der Waals surface area contributed by atoms with Crippen molar-refractivity contribution in [3.05, 3.63) is 28.8 Å². The Hall–Kier alpha value is -1.88. The quantitative estimate of drug-likeness (QED) is 0.610. The monoisotopic (exact) mass is 222 g/mol. The molecule has 0 amide bonds. The molecule has 1 aromatic rings. The molecule has 0 saturated carbocycles. The molecule has 0 fully saturated rings. The Morgan fingerprint density at radius 1 is 1.31 bits per heavy atom. The zero-order valence-electron chi connectivity index (χ0n) is 8.65. The number of rotatable bonds is 3. The summed E-state index contributed by atoms with van der Waals surface area (Å²) in [4.78, 5) is 22.0. The second-order valence-electron chi connectivity index (χ2n) is 3.45. The van der Waals surface area contributed by atoms with Crippen LogP contribution in [0.3, 0.4) is 0 Å². The van der Waals surface area contributed by atoms with Gasteiger partial charge >= 0.3 is 5.97 Å². The lowest BCUT2D eigenvalue weighted by molar-refractivity contribution is -0.131. The minimum atomic E-state index is -1.49. The van der Waals surface area contributed by atoms with Gasteiger partial charge in [0, 0.05) is 0 Å². The van der Waals surface area contributed by atoms with E-state index in [0.717, 1.165) is 11.1 Å². The molecule has 2 rings (SSSR count). The second kappa shape index (κ2) is 3.94. The minimum Gasteiger partial charge on any atom is -0.496 e. The Bertz CT molecular complexity index is 464. The highest BCUT2D eigenvalue weighted by Crippen LogP contribution is 2.28. The Morgan fingerprint density at radius 3 is 2.50 bits per heavy atom. The smallest absolute Gasteiger partial charge is 0.377 e. The van der Waals surface area contributed by atoms with Crippen LogP contribution in [0.25, 0.3) is 0 Å². The highest BCUT2D eigenvalue weighted by atomic mass is 16.5. The van der Waals surface area contributed by atoms with E-state index in [1.54, 1.807) is 6.07 Å². The first-order valence-corrected chi connectivity index (χ1v) is 4.68. The molecule has 0 radical (unpaired) electrons. The van der Waals surface area contributed by atoms with E-state index in [1.165, 1.54) is 13.2 Å². The number of carboxylic acid groups (broad SMARTS) is 1. The zero-order chi connectivity index (χ0) is 11.7. The third-order valence-corrected chi connectivity index (χ3v) is 2.48. The molecular formula is C11H10O5. The molecule has 0 spiro atoms. The second-order valence-corrected chi connectivity index (χ2v) is 3.45. The molecule has 1 N–H and O–H groups in total. The number of hydrogen-bond acceptors (Lipinski definition) is 4. The molecule has 0 aliphatic carbocycles. The van der Waals surface area contributed by atoms with E-state index in [4.69, 9.17) is 14.6 Å². The first-order chi connectivity index (χ1) is 7.63. The summed E-state index contributed by atoms with van der Waals surface area (Å²) in [6.45, 7) is 0.868. The summed E-state index contributed by atoms with van der Waals surface area (Å²) >= 11 is 0. The number of methoxy groups -OCH3 is 1. The van der Waals surface area contributed by atoms with Gasteiger partial charge in [0.05, 0.1) is 25.9 Å². The zero-order valence-corrected chi connectivity index (χ0v) is 8.65. The van der Waals surface area contributed by atoms with E-state index in [-0.39, 0.29) is 11.3 Å². The Kier molecular flexibility index (Phi) is 2.62. The van der Waals surface area contributed by atoms with E-state index in [0.29, 0.717) is 13.2 Å². The summed E-state index contributed by atoms with van der Waals surface area (Å²) in [6, 6.07) is 3.18. The van der Waals surface area contributed by atoms with E-state index < -0.39 is 11.8 Å². The number of Topliss-reactive ketones (excluding diaryl/α,β-unsaturated/α-hetero) is 1. The van der Waals surface area contributed by atoms with Crippen LogP contribution in [0.15, 0.2) is 12.1 Å². The molecular weight excluding hydrogens is 212 g/mol. The number of carboxylic acids is 1. The lowest BCUT2D eigenvalue weighted by Crippen LogP contribution is -2.14. The Labute approximate surface area is 91.6 Å². The average molecular weight is 222 g/mol. The van der Waals surface area contributed by atoms with E-state index >= 15 is 0 Å². The van der Waals surface area contributed by atoms with Crippen LogP contribution >= 0.6 is 0 Å². The van der Waals surface area contributed by atoms with Gasteiger partial charge in [0.1, 0.15) is 5.75 Å². The van der Waals surface area contributed by atoms with Crippen molar-refractivity contribution in [3.8, 4) is 5.75 Å². The highest BCUT2D eigenvalue weighted by Gasteiger charge is 2.23. The molecule has 5 heteroatoms. The summed E-state index contributed by atoms with van der Waals surface area (Å²) in [5.74, 6) is -2.18. The molecule has 0 atom stereocenters. The topological polar surface area (TPSA) is 72.8 Å². The molecule has 5 nitrogen and oxygen atoms in total. The molecule has 0 aromatic heterocycles. The van der Waals surface area contributed by atoms with Gasteiger partial charge in [-0.25, -0.2) is 4.79 Å². The van der Waals surface area contributed by atoms with Crippen LogP contribution in [0.4, 0.5) is 0 Å². The van der Waals surface area contributed by atoms with Crippen molar-refractivity contribution in [2.75, 3.05) is 7.11 Å². The molecule has 1 aliphatic rings. The standard InChI is InChI=1S/C11H10O5/c1-15-9-3-7-5-16-4-6(7)2-8(9)10(12)11(13)14/h2-3H,4-5H2,1H3,(H,13,14). The number of carbonyl (C=O) groups is 2. The van der Waals surface area contributed by atoms with Gasteiger partial charge in [-0.2, -0.15) is 0 Å². The van der Waals surface area contributed by atoms with E-state index in [2.05, 4.69) is 0 Å². The number of hydrogen-bond donors (Lipinski definition) is 1.